The first-order valence-electron chi connectivity index (χ1n) is 9.24. The van der Waals surface area contributed by atoms with E-state index in [1.807, 2.05) is 38.1 Å². The molecule has 0 spiro atoms. The standard InChI is InChI=1S/C22H23NO4/c1-22(2)18(20(24)25)11-19(22)23-21(26)27-12-17-15-9-5-3-7-13(15)14-8-4-6-10-16(14)17/h3-10,17-19H,11-12H2,1-2H3,(H,23,26)(H,24,25)/t18-,19-/m1/s1. The molecular weight excluding hydrogens is 342 g/mol. The molecule has 0 radical (unpaired) electrons. The average molecular weight is 365 g/mol. The molecule has 2 aromatic rings. The van der Waals surface area contributed by atoms with Crippen molar-refractivity contribution in [2.45, 2.75) is 32.2 Å². The number of hydrogen-bond donors (Lipinski definition) is 2. The molecule has 5 heteroatoms. The normalized spacial score (nSPS) is 22.3. The third kappa shape index (κ3) is 2.87. The van der Waals surface area contributed by atoms with E-state index in [-0.39, 0.29) is 18.6 Å². The molecule has 0 aliphatic heterocycles. The molecule has 4 rings (SSSR count). The molecular formula is C22H23NO4. The number of fused-ring (bicyclic) bond motifs is 3. The summed E-state index contributed by atoms with van der Waals surface area (Å²) in [5.41, 5.74) is 4.23. The van der Waals surface area contributed by atoms with Crippen LogP contribution in [-0.4, -0.2) is 29.8 Å². The highest BCUT2D eigenvalue weighted by molar-refractivity contribution is 5.79. The fourth-order valence-corrected chi connectivity index (χ4v) is 4.37. The van der Waals surface area contributed by atoms with Crippen molar-refractivity contribution in [3.05, 3.63) is 59.7 Å². The fraction of sp³-hybridized carbons (Fsp3) is 0.364. The maximum absolute atomic E-state index is 12.3. The highest BCUT2D eigenvalue weighted by atomic mass is 16.5. The zero-order valence-electron chi connectivity index (χ0n) is 15.4. The van der Waals surface area contributed by atoms with Gasteiger partial charge in [0.15, 0.2) is 0 Å². The van der Waals surface area contributed by atoms with E-state index < -0.39 is 23.4 Å². The fourth-order valence-electron chi connectivity index (χ4n) is 4.37. The van der Waals surface area contributed by atoms with Gasteiger partial charge in [0.2, 0.25) is 0 Å². The van der Waals surface area contributed by atoms with E-state index in [9.17, 15) is 14.7 Å². The summed E-state index contributed by atoms with van der Waals surface area (Å²) in [4.78, 5) is 23.5. The highest BCUT2D eigenvalue weighted by Crippen LogP contribution is 2.47. The predicted octanol–water partition coefficient (Wildman–Crippen LogP) is 4.02. The summed E-state index contributed by atoms with van der Waals surface area (Å²) >= 11 is 0. The average Bonchev–Trinajstić information content (AvgIpc) is 2.97. The highest BCUT2D eigenvalue weighted by Gasteiger charge is 2.52. The number of carbonyl (C=O) groups is 2. The minimum absolute atomic E-state index is 0.0179. The third-order valence-corrected chi connectivity index (χ3v) is 6.20. The van der Waals surface area contributed by atoms with E-state index in [0.29, 0.717) is 6.42 Å². The molecule has 0 bridgehead atoms. The van der Waals surface area contributed by atoms with E-state index in [1.54, 1.807) is 0 Å². The van der Waals surface area contributed by atoms with Gasteiger partial charge in [-0.25, -0.2) is 4.79 Å². The van der Waals surface area contributed by atoms with Crippen LogP contribution in [0, 0.1) is 11.3 Å². The van der Waals surface area contributed by atoms with Gasteiger partial charge < -0.3 is 15.2 Å². The Balaban J connectivity index is 1.42. The van der Waals surface area contributed by atoms with Gasteiger partial charge in [-0.05, 0) is 34.1 Å². The van der Waals surface area contributed by atoms with Crippen LogP contribution in [0.1, 0.15) is 37.3 Å². The van der Waals surface area contributed by atoms with Crippen molar-refractivity contribution in [2.75, 3.05) is 6.61 Å². The van der Waals surface area contributed by atoms with E-state index >= 15 is 0 Å². The van der Waals surface area contributed by atoms with Crippen molar-refractivity contribution in [3.63, 3.8) is 0 Å². The lowest BCUT2D eigenvalue weighted by atomic mass is 9.58. The maximum Gasteiger partial charge on any atom is 0.407 e. The molecule has 2 aromatic carbocycles. The largest absolute Gasteiger partial charge is 0.481 e. The van der Waals surface area contributed by atoms with Crippen molar-refractivity contribution in [2.24, 2.45) is 11.3 Å². The Hall–Kier alpha value is -2.82. The van der Waals surface area contributed by atoms with Crippen LogP contribution >= 0.6 is 0 Å². The lowest BCUT2D eigenvalue weighted by Gasteiger charge is -2.49. The number of benzene rings is 2. The van der Waals surface area contributed by atoms with Crippen LogP contribution < -0.4 is 5.32 Å². The number of alkyl carbamates (subject to hydrolysis) is 1. The Morgan fingerprint density at radius 1 is 1.07 bits per heavy atom. The molecule has 0 heterocycles. The summed E-state index contributed by atoms with van der Waals surface area (Å²) in [5.74, 6) is -1.23. The van der Waals surface area contributed by atoms with Crippen LogP contribution in [0.25, 0.3) is 11.1 Å². The summed E-state index contributed by atoms with van der Waals surface area (Å²) in [6, 6.07) is 16.2. The van der Waals surface area contributed by atoms with Crippen LogP contribution in [0.2, 0.25) is 0 Å². The summed E-state index contributed by atoms with van der Waals surface area (Å²) in [5, 5.41) is 12.0. The molecule has 1 amide bonds. The Bertz CT molecular complexity index is 859. The van der Waals surface area contributed by atoms with Gasteiger partial charge in [-0.2, -0.15) is 0 Å². The van der Waals surface area contributed by atoms with Crippen LogP contribution in [-0.2, 0) is 9.53 Å². The number of hydrogen-bond acceptors (Lipinski definition) is 3. The number of nitrogens with one attached hydrogen (secondary N) is 1. The quantitative estimate of drug-likeness (QED) is 0.858. The molecule has 0 saturated heterocycles. The van der Waals surface area contributed by atoms with Crippen molar-refractivity contribution in [3.8, 4) is 11.1 Å². The summed E-state index contributed by atoms with van der Waals surface area (Å²) in [6.07, 6.45) is -0.0502. The molecule has 0 unspecified atom stereocenters. The topological polar surface area (TPSA) is 75.6 Å². The number of ether oxygens (including phenoxy) is 1. The lowest BCUT2D eigenvalue weighted by Crippen LogP contribution is -2.60. The molecule has 2 aliphatic carbocycles. The molecule has 0 aromatic heterocycles. The minimum atomic E-state index is -0.814. The molecule has 2 aliphatic rings. The number of aliphatic carboxylic acids is 1. The van der Waals surface area contributed by atoms with Crippen LogP contribution in [0.3, 0.4) is 0 Å². The van der Waals surface area contributed by atoms with Crippen LogP contribution in [0.4, 0.5) is 4.79 Å². The second kappa shape index (κ2) is 6.41. The maximum atomic E-state index is 12.3. The summed E-state index contributed by atoms with van der Waals surface area (Å²) in [7, 11) is 0. The smallest absolute Gasteiger partial charge is 0.407 e. The first-order valence-corrected chi connectivity index (χ1v) is 9.24. The molecule has 5 nitrogen and oxygen atoms in total. The van der Waals surface area contributed by atoms with E-state index in [1.165, 1.54) is 22.3 Å². The number of carbonyl (C=O) groups excluding carboxylic acids is 1. The van der Waals surface area contributed by atoms with Gasteiger partial charge >= 0.3 is 12.1 Å². The zero-order chi connectivity index (χ0) is 19.2. The number of carboxylic acids is 1. The first kappa shape index (κ1) is 17.6. The van der Waals surface area contributed by atoms with Gasteiger partial charge in [-0.15, -0.1) is 0 Å². The second-order valence-electron chi connectivity index (χ2n) is 7.97. The van der Waals surface area contributed by atoms with Gasteiger partial charge in [-0.1, -0.05) is 62.4 Å². The predicted molar refractivity (Wildman–Crippen MR) is 102 cm³/mol. The third-order valence-electron chi connectivity index (χ3n) is 6.20. The van der Waals surface area contributed by atoms with E-state index in [2.05, 4.69) is 29.6 Å². The van der Waals surface area contributed by atoms with E-state index in [4.69, 9.17) is 4.74 Å². The van der Waals surface area contributed by atoms with Crippen molar-refractivity contribution in [1.82, 2.24) is 5.32 Å². The molecule has 1 saturated carbocycles. The van der Waals surface area contributed by atoms with Gasteiger partial charge in [-0.3, -0.25) is 4.79 Å². The van der Waals surface area contributed by atoms with E-state index in [0.717, 1.165) is 0 Å². The lowest BCUT2D eigenvalue weighted by molar-refractivity contribution is -0.155. The van der Waals surface area contributed by atoms with Gasteiger partial charge in [0, 0.05) is 12.0 Å². The molecule has 27 heavy (non-hydrogen) atoms. The molecule has 1 fully saturated rings. The second-order valence-corrected chi connectivity index (χ2v) is 7.97. The SMILES string of the molecule is CC1(C)[C@@H](C(=O)O)C[C@H]1NC(=O)OCC1c2ccccc2-c2ccccc21. The number of amides is 1. The minimum Gasteiger partial charge on any atom is -0.481 e. The summed E-state index contributed by atoms with van der Waals surface area (Å²) in [6.45, 7) is 3.99. The molecule has 140 valence electrons. The van der Waals surface area contributed by atoms with Crippen molar-refractivity contribution >= 4 is 12.1 Å². The Morgan fingerprint density at radius 3 is 2.15 bits per heavy atom. The first-order chi connectivity index (χ1) is 12.9. The Morgan fingerprint density at radius 2 is 1.63 bits per heavy atom. The van der Waals surface area contributed by atoms with Crippen molar-refractivity contribution < 1.29 is 19.4 Å². The van der Waals surface area contributed by atoms with Crippen molar-refractivity contribution in [1.29, 1.82) is 0 Å². The van der Waals surface area contributed by atoms with Gasteiger partial charge in [0.25, 0.3) is 0 Å². The van der Waals surface area contributed by atoms with Crippen LogP contribution in [0.5, 0.6) is 0 Å². The Kier molecular flexibility index (Phi) is 4.17. The zero-order valence-corrected chi connectivity index (χ0v) is 15.4. The van der Waals surface area contributed by atoms with Gasteiger partial charge in [0.05, 0.1) is 5.92 Å². The summed E-state index contributed by atoms with van der Waals surface area (Å²) < 4.78 is 5.54. The van der Waals surface area contributed by atoms with Gasteiger partial charge in [0.1, 0.15) is 6.61 Å². The van der Waals surface area contributed by atoms with Crippen LogP contribution in [0.15, 0.2) is 48.5 Å². The molecule has 2 N–H and O–H groups in total. The number of rotatable bonds is 4. The number of carboxylic acid groups (broad SMARTS) is 1. The molecule has 2 atom stereocenters. The Labute approximate surface area is 158 Å². The monoisotopic (exact) mass is 365 g/mol.